The standard InChI is InChI=1S/C16H27NO2/c1-11(2)13(4)9-17-10-15(18)14-8-12(3)6-7-16(14)19-5/h6-8,11,13,15,17-18H,9-10H2,1-5H3. The van der Waals surface area contributed by atoms with Crippen molar-refractivity contribution in [3.63, 3.8) is 0 Å². The molecule has 0 amide bonds. The molecule has 0 saturated heterocycles. The summed E-state index contributed by atoms with van der Waals surface area (Å²) in [4.78, 5) is 0. The molecule has 2 unspecified atom stereocenters. The monoisotopic (exact) mass is 265 g/mol. The highest BCUT2D eigenvalue weighted by Crippen LogP contribution is 2.25. The molecule has 0 heterocycles. The summed E-state index contributed by atoms with van der Waals surface area (Å²) >= 11 is 0. The van der Waals surface area contributed by atoms with E-state index in [9.17, 15) is 5.11 Å². The van der Waals surface area contributed by atoms with Gasteiger partial charge in [0.15, 0.2) is 0 Å². The van der Waals surface area contributed by atoms with Crippen molar-refractivity contribution < 1.29 is 9.84 Å². The van der Waals surface area contributed by atoms with Crippen LogP contribution in [0.4, 0.5) is 0 Å². The zero-order chi connectivity index (χ0) is 14.4. The second-order valence-corrected chi connectivity index (χ2v) is 5.64. The van der Waals surface area contributed by atoms with Gasteiger partial charge in [-0.05, 0) is 37.4 Å². The van der Waals surface area contributed by atoms with Gasteiger partial charge in [0.2, 0.25) is 0 Å². The fourth-order valence-electron chi connectivity index (χ4n) is 1.91. The van der Waals surface area contributed by atoms with Crippen molar-refractivity contribution in [3.8, 4) is 5.75 Å². The van der Waals surface area contributed by atoms with E-state index >= 15 is 0 Å². The second kappa shape index (κ2) is 7.51. The minimum atomic E-state index is -0.533. The van der Waals surface area contributed by atoms with Crippen LogP contribution in [-0.4, -0.2) is 25.3 Å². The summed E-state index contributed by atoms with van der Waals surface area (Å²) < 4.78 is 5.30. The quantitative estimate of drug-likeness (QED) is 0.796. The molecule has 2 atom stereocenters. The minimum absolute atomic E-state index is 0.533. The Labute approximate surface area is 117 Å². The molecule has 0 saturated carbocycles. The van der Waals surface area contributed by atoms with Gasteiger partial charge < -0.3 is 15.2 Å². The van der Waals surface area contributed by atoms with Gasteiger partial charge in [-0.15, -0.1) is 0 Å². The van der Waals surface area contributed by atoms with Gasteiger partial charge in [0.1, 0.15) is 5.75 Å². The molecule has 0 aliphatic carbocycles. The lowest BCUT2D eigenvalue weighted by molar-refractivity contribution is 0.167. The van der Waals surface area contributed by atoms with Gasteiger partial charge in [-0.3, -0.25) is 0 Å². The molecule has 1 aromatic rings. The summed E-state index contributed by atoms with van der Waals surface area (Å²) in [5.41, 5.74) is 1.98. The summed E-state index contributed by atoms with van der Waals surface area (Å²) in [6.45, 7) is 10.1. The molecule has 3 heteroatoms. The third kappa shape index (κ3) is 4.84. The molecule has 2 N–H and O–H groups in total. The van der Waals surface area contributed by atoms with E-state index in [1.807, 2.05) is 25.1 Å². The molecule has 108 valence electrons. The van der Waals surface area contributed by atoms with E-state index in [4.69, 9.17) is 4.74 Å². The number of aliphatic hydroxyl groups excluding tert-OH is 1. The maximum absolute atomic E-state index is 10.3. The Kier molecular flexibility index (Phi) is 6.32. The van der Waals surface area contributed by atoms with E-state index in [1.54, 1.807) is 7.11 Å². The van der Waals surface area contributed by atoms with Crippen LogP contribution in [0, 0.1) is 18.8 Å². The van der Waals surface area contributed by atoms with E-state index in [1.165, 1.54) is 0 Å². The Morgan fingerprint density at radius 2 is 1.89 bits per heavy atom. The Balaban J connectivity index is 2.58. The van der Waals surface area contributed by atoms with Gasteiger partial charge in [-0.1, -0.05) is 32.4 Å². The van der Waals surface area contributed by atoms with Crippen LogP contribution >= 0.6 is 0 Å². The average molecular weight is 265 g/mol. The maximum atomic E-state index is 10.3. The van der Waals surface area contributed by atoms with Gasteiger partial charge in [0.05, 0.1) is 13.2 Å². The normalized spacial score (nSPS) is 14.5. The van der Waals surface area contributed by atoms with Crippen LogP contribution < -0.4 is 10.1 Å². The third-order valence-corrected chi connectivity index (χ3v) is 3.69. The lowest BCUT2D eigenvalue weighted by Gasteiger charge is -2.19. The van der Waals surface area contributed by atoms with E-state index in [2.05, 4.69) is 26.1 Å². The van der Waals surface area contributed by atoms with Gasteiger partial charge in [0.25, 0.3) is 0 Å². The van der Waals surface area contributed by atoms with Crippen LogP contribution in [0.25, 0.3) is 0 Å². The first kappa shape index (κ1) is 16.0. The molecule has 0 bridgehead atoms. The summed E-state index contributed by atoms with van der Waals surface area (Å²) in [5, 5.41) is 13.6. The Morgan fingerprint density at radius 1 is 1.21 bits per heavy atom. The van der Waals surface area contributed by atoms with Gasteiger partial charge >= 0.3 is 0 Å². The SMILES string of the molecule is COc1ccc(C)cc1C(O)CNCC(C)C(C)C. The molecule has 1 aromatic carbocycles. The molecule has 0 aliphatic rings. The molecule has 1 rings (SSSR count). The number of rotatable bonds is 7. The summed E-state index contributed by atoms with van der Waals surface area (Å²) in [5.74, 6) is 2.00. The molecule has 0 radical (unpaired) electrons. The predicted octanol–water partition coefficient (Wildman–Crippen LogP) is 2.92. The highest BCUT2D eigenvalue weighted by molar-refractivity contribution is 5.38. The zero-order valence-corrected chi connectivity index (χ0v) is 12.7. The van der Waals surface area contributed by atoms with Crippen molar-refractivity contribution in [2.24, 2.45) is 11.8 Å². The molecule has 19 heavy (non-hydrogen) atoms. The zero-order valence-electron chi connectivity index (χ0n) is 12.7. The fraction of sp³-hybridized carbons (Fsp3) is 0.625. The highest BCUT2D eigenvalue weighted by atomic mass is 16.5. The summed E-state index contributed by atoms with van der Waals surface area (Å²) in [7, 11) is 1.63. The number of nitrogens with one attached hydrogen (secondary N) is 1. The number of aliphatic hydroxyl groups is 1. The third-order valence-electron chi connectivity index (χ3n) is 3.69. The molecular weight excluding hydrogens is 238 g/mol. The highest BCUT2D eigenvalue weighted by Gasteiger charge is 2.14. The molecule has 0 aromatic heterocycles. The minimum Gasteiger partial charge on any atom is -0.496 e. The van der Waals surface area contributed by atoms with E-state index < -0.39 is 6.10 Å². The van der Waals surface area contributed by atoms with Gasteiger partial charge in [0, 0.05) is 12.1 Å². The van der Waals surface area contributed by atoms with Crippen LogP contribution in [0.2, 0.25) is 0 Å². The number of aryl methyl sites for hydroxylation is 1. The van der Waals surface area contributed by atoms with Crippen molar-refractivity contribution in [2.45, 2.75) is 33.8 Å². The fourth-order valence-corrected chi connectivity index (χ4v) is 1.91. The van der Waals surface area contributed by atoms with E-state index in [0.717, 1.165) is 23.4 Å². The van der Waals surface area contributed by atoms with E-state index in [-0.39, 0.29) is 0 Å². The van der Waals surface area contributed by atoms with Crippen LogP contribution in [0.3, 0.4) is 0 Å². The summed E-state index contributed by atoms with van der Waals surface area (Å²) in [6.07, 6.45) is -0.533. The molecule has 0 aliphatic heterocycles. The Morgan fingerprint density at radius 3 is 2.47 bits per heavy atom. The molecule has 0 fully saturated rings. The van der Waals surface area contributed by atoms with Crippen LogP contribution in [-0.2, 0) is 0 Å². The molecule has 0 spiro atoms. The first-order chi connectivity index (χ1) is 8.95. The smallest absolute Gasteiger partial charge is 0.124 e. The average Bonchev–Trinajstić information content (AvgIpc) is 2.38. The number of benzene rings is 1. The van der Waals surface area contributed by atoms with E-state index in [0.29, 0.717) is 18.4 Å². The van der Waals surface area contributed by atoms with Crippen molar-refractivity contribution in [3.05, 3.63) is 29.3 Å². The lowest BCUT2D eigenvalue weighted by atomic mass is 9.98. The second-order valence-electron chi connectivity index (χ2n) is 5.64. The first-order valence-electron chi connectivity index (χ1n) is 6.99. The van der Waals surface area contributed by atoms with Gasteiger partial charge in [-0.25, -0.2) is 0 Å². The van der Waals surface area contributed by atoms with Crippen molar-refractivity contribution in [1.82, 2.24) is 5.32 Å². The van der Waals surface area contributed by atoms with Crippen LogP contribution in [0.15, 0.2) is 18.2 Å². The molecular formula is C16H27NO2. The van der Waals surface area contributed by atoms with Gasteiger partial charge in [-0.2, -0.15) is 0 Å². The first-order valence-corrected chi connectivity index (χ1v) is 6.99. The van der Waals surface area contributed by atoms with Crippen molar-refractivity contribution in [2.75, 3.05) is 20.2 Å². The number of hydrogen-bond acceptors (Lipinski definition) is 3. The summed E-state index contributed by atoms with van der Waals surface area (Å²) in [6, 6.07) is 5.88. The van der Waals surface area contributed by atoms with Crippen LogP contribution in [0.5, 0.6) is 5.75 Å². The maximum Gasteiger partial charge on any atom is 0.124 e. The number of hydrogen-bond donors (Lipinski definition) is 2. The number of methoxy groups -OCH3 is 1. The largest absolute Gasteiger partial charge is 0.496 e. The Hall–Kier alpha value is -1.06. The Bertz CT molecular complexity index is 390. The lowest BCUT2D eigenvalue weighted by Crippen LogP contribution is -2.28. The van der Waals surface area contributed by atoms with Crippen LogP contribution in [0.1, 0.15) is 38.0 Å². The number of ether oxygens (including phenoxy) is 1. The van der Waals surface area contributed by atoms with Crippen molar-refractivity contribution in [1.29, 1.82) is 0 Å². The van der Waals surface area contributed by atoms with Crippen molar-refractivity contribution >= 4 is 0 Å². The predicted molar refractivity (Wildman–Crippen MR) is 79.6 cm³/mol. The topological polar surface area (TPSA) is 41.5 Å². The molecule has 3 nitrogen and oxygen atoms in total.